The molecular weight excluding hydrogens is 448 g/mol. The van der Waals surface area contributed by atoms with Crippen LogP contribution in [0.25, 0.3) is 11.5 Å². The van der Waals surface area contributed by atoms with Crippen LogP contribution in [0.5, 0.6) is 17.2 Å². The van der Waals surface area contributed by atoms with Crippen molar-refractivity contribution in [2.75, 3.05) is 32.0 Å². The molecule has 0 saturated heterocycles. The number of amides is 2. The summed E-state index contributed by atoms with van der Waals surface area (Å²) in [7, 11) is 4.54. The molecule has 1 aromatic heterocycles. The predicted octanol–water partition coefficient (Wildman–Crippen LogP) is 5.31. The monoisotopic (exact) mass is 474 g/mol. The van der Waals surface area contributed by atoms with Crippen molar-refractivity contribution in [1.29, 1.82) is 0 Å². The second-order valence-corrected chi connectivity index (χ2v) is 7.74. The van der Waals surface area contributed by atoms with E-state index < -0.39 is 6.03 Å². The summed E-state index contributed by atoms with van der Waals surface area (Å²) in [4.78, 5) is 12.6. The zero-order valence-electron chi connectivity index (χ0n) is 19.9. The molecule has 4 aromatic rings. The van der Waals surface area contributed by atoms with Gasteiger partial charge in [0.2, 0.25) is 17.5 Å². The average molecular weight is 475 g/mol. The first-order chi connectivity index (χ1) is 17.0. The first-order valence-corrected chi connectivity index (χ1v) is 10.9. The van der Waals surface area contributed by atoms with E-state index in [0.717, 1.165) is 5.56 Å². The zero-order valence-corrected chi connectivity index (χ0v) is 19.9. The largest absolute Gasteiger partial charge is 0.493 e. The minimum Gasteiger partial charge on any atom is -0.493 e. The lowest BCUT2D eigenvalue weighted by Crippen LogP contribution is -2.19. The number of carbonyl (C=O) groups excluding carboxylic acids is 1. The van der Waals surface area contributed by atoms with E-state index in [4.69, 9.17) is 18.6 Å². The molecule has 2 N–H and O–H groups in total. The van der Waals surface area contributed by atoms with E-state index in [0.29, 0.717) is 52.4 Å². The molecule has 0 aliphatic carbocycles. The van der Waals surface area contributed by atoms with E-state index in [2.05, 4.69) is 20.8 Å². The fourth-order valence-electron chi connectivity index (χ4n) is 3.50. The molecule has 0 spiro atoms. The maximum Gasteiger partial charge on any atom is 0.323 e. The van der Waals surface area contributed by atoms with Crippen LogP contribution in [-0.4, -0.2) is 37.6 Å². The highest BCUT2D eigenvalue weighted by atomic mass is 16.5. The van der Waals surface area contributed by atoms with Crippen LogP contribution in [0.4, 0.5) is 16.2 Å². The smallest absolute Gasteiger partial charge is 0.323 e. The van der Waals surface area contributed by atoms with Crippen molar-refractivity contribution in [3.8, 4) is 28.7 Å². The summed E-state index contributed by atoms with van der Waals surface area (Å²) in [5.74, 6) is 2.20. The molecule has 0 bridgehead atoms. The Bertz CT molecular complexity index is 1290. The number of rotatable bonds is 8. The van der Waals surface area contributed by atoms with Gasteiger partial charge in [0.15, 0.2) is 11.5 Å². The summed E-state index contributed by atoms with van der Waals surface area (Å²) in [6.45, 7) is 2.04. The van der Waals surface area contributed by atoms with Crippen molar-refractivity contribution in [2.45, 2.75) is 13.3 Å². The van der Waals surface area contributed by atoms with Crippen molar-refractivity contribution < 1.29 is 23.4 Å². The lowest BCUT2D eigenvalue weighted by molar-refractivity contribution is 0.262. The molecule has 4 rings (SSSR count). The number of urea groups is 1. The van der Waals surface area contributed by atoms with E-state index in [1.165, 1.54) is 26.9 Å². The SMILES string of the molecule is COc1cc(NC(=O)Nc2cccc(-c3nnc(Cc4ccc(C)cc4)o3)c2)cc(OC)c1OC. The maximum atomic E-state index is 12.6. The molecule has 0 aliphatic rings. The van der Waals surface area contributed by atoms with Crippen LogP contribution in [0, 0.1) is 6.92 Å². The third kappa shape index (κ3) is 5.70. The molecule has 35 heavy (non-hydrogen) atoms. The first-order valence-electron chi connectivity index (χ1n) is 10.9. The van der Waals surface area contributed by atoms with Crippen LogP contribution >= 0.6 is 0 Å². The number of hydrogen-bond donors (Lipinski definition) is 2. The molecule has 0 radical (unpaired) electrons. The van der Waals surface area contributed by atoms with Crippen LogP contribution in [0.1, 0.15) is 17.0 Å². The number of anilines is 2. The fourth-order valence-corrected chi connectivity index (χ4v) is 3.50. The van der Waals surface area contributed by atoms with Gasteiger partial charge in [-0.15, -0.1) is 10.2 Å². The quantitative estimate of drug-likeness (QED) is 0.356. The van der Waals surface area contributed by atoms with Gasteiger partial charge in [-0.05, 0) is 30.7 Å². The molecule has 0 fully saturated rings. The van der Waals surface area contributed by atoms with E-state index in [1.54, 1.807) is 30.3 Å². The number of nitrogens with zero attached hydrogens (tertiary/aromatic N) is 2. The topological polar surface area (TPSA) is 108 Å². The Balaban J connectivity index is 1.45. The summed E-state index contributed by atoms with van der Waals surface area (Å²) in [5.41, 5.74) is 4.01. The molecule has 0 unspecified atom stereocenters. The Labute approximate surface area is 203 Å². The Morgan fingerprint density at radius 2 is 1.54 bits per heavy atom. The molecule has 0 aliphatic heterocycles. The second-order valence-electron chi connectivity index (χ2n) is 7.74. The summed E-state index contributed by atoms with van der Waals surface area (Å²) >= 11 is 0. The van der Waals surface area contributed by atoms with Crippen LogP contribution in [0.2, 0.25) is 0 Å². The number of benzene rings is 3. The van der Waals surface area contributed by atoms with Crippen LogP contribution < -0.4 is 24.8 Å². The number of methoxy groups -OCH3 is 3. The predicted molar refractivity (Wildman–Crippen MR) is 132 cm³/mol. The number of hydrogen-bond acceptors (Lipinski definition) is 7. The molecule has 180 valence electrons. The molecule has 3 aromatic carbocycles. The molecule has 9 heteroatoms. The van der Waals surface area contributed by atoms with Gasteiger partial charge >= 0.3 is 6.03 Å². The van der Waals surface area contributed by atoms with Crippen molar-refractivity contribution in [1.82, 2.24) is 10.2 Å². The van der Waals surface area contributed by atoms with Gasteiger partial charge in [-0.25, -0.2) is 4.79 Å². The summed E-state index contributed by atoms with van der Waals surface area (Å²) in [6.07, 6.45) is 0.544. The minimum atomic E-state index is -0.443. The Morgan fingerprint density at radius 3 is 2.20 bits per heavy atom. The van der Waals surface area contributed by atoms with E-state index in [9.17, 15) is 4.79 Å². The van der Waals surface area contributed by atoms with Gasteiger partial charge < -0.3 is 29.3 Å². The van der Waals surface area contributed by atoms with Gasteiger partial charge in [-0.2, -0.15) is 0 Å². The van der Waals surface area contributed by atoms with Gasteiger partial charge in [-0.3, -0.25) is 0 Å². The van der Waals surface area contributed by atoms with Gasteiger partial charge in [-0.1, -0.05) is 35.9 Å². The third-order valence-corrected chi connectivity index (χ3v) is 5.23. The van der Waals surface area contributed by atoms with E-state index in [-0.39, 0.29) is 0 Å². The van der Waals surface area contributed by atoms with E-state index in [1.807, 2.05) is 37.3 Å². The van der Waals surface area contributed by atoms with Crippen molar-refractivity contribution >= 4 is 17.4 Å². The maximum absolute atomic E-state index is 12.6. The molecular formula is C26H26N4O5. The van der Waals surface area contributed by atoms with Crippen molar-refractivity contribution in [3.63, 3.8) is 0 Å². The Kier molecular flexibility index (Phi) is 7.15. The van der Waals surface area contributed by atoms with Gasteiger partial charge in [0.25, 0.3) is 0 Å². The van der Waals surface area contributed by atoms with Crippen LogP contribution in [0.15, 0.2) is 65.1 Å². The normalized spacial score (nSPS) is 10.5. The number of aryl methyl sites for hydroxylation is 1. The summed E-state index contributed by atoms with van der Waals surface area (Å²) in [6, 6.07) is 18.2. The molecule has 0 atom stereocenters. The van der Waals surface area contributed by atoms with Gasteiger partial charge in [0.05, 0.1) is 33.4 Å². The molecule has 2 amide bonds. The number of carbonyl (C=O) groups is 1. The highest BCUT2D eigenvalue weighted by Crippen LogP contribution is 2.40. The average Bonchev–Trinajstić information content (AvgIpc) is 3.33. The molecule has 1 heterocycles. The van der Waals surface area contributed by atoms with Crippen molar-refractivity contribution in [2.24, 2.45) is 0 Å². The number of nitrogens with one attached hydrogen (secondary N) is 2. The number of aromatic nitrogens is 2. The summed E-state index contributed by atoms with van der Waals surface area (Å²) in [5, 5.41) is 13.9. The van der Waals surface area contributed by atoms with Crippen molar-refractivity contribution in [3.05, 3.63) is 77.7 Å². The first kappa shape index (κ1) is 23.6. The second kappa shape index (κ2) is 10.6. The standard InChI is InChI=1S/C26H26N4O5/c1-16-8-10-17(11-9-16)12-23-29-30-25(35-23)18-6-5-7-19(13-18)27-26(31)28-20-14-21(32-2)24(34-4)22(15-20)33-3/h5-11,13-15H,12H2,1-4H3,(H2,27,28,31). The lowest BCUT2D eigenvalue weighted by atomic mass is 10.1. The van der Waals surface area contributed by atoms with Crippen LogP contribution in [0.3, 0.4) is 0 Å². The van der Waals surface area contributed by atoms with Gasteiger partial charge in [0.1, 0.15) is 0 Å². The summed E-state index contributed by atoms with van der Waals surface area (Å²) < 4.78 is 21.8. The van der Waals surface area contributed by atoms with Gasteiger partial charge in [0, 0.05) is 23.4 Å². The Morgan fingerprint density at radius 1 is 0.857 bits per heavy atom. The minimum absolute atomic E-state index is 0.376. The highest BCUT2D eigenvalue weighted by molar-refractivity contribution is 6.00. The van der Waals surface area contributed by atoms with E-state index >= 15 is 0 Å². The Hall–Kier alpha value is -4.53. The third-order valence-electron chi connectivity index (χ3n) is 5.23. The highest BCUT2D eigenvalue weighted by Gasteiger charge is 2.15. The number of ether oxygens (including phenoxy) is 3. The van der Waals surface area contributed by atoms with Crippen LogP contribution in [-0.2, 0) is 6.42 Å². The molecule has 9 nitrogen and oxygen atoms in total. The zero-order chi connectivity index (χ0) is 24.8. The molecule has 0 saturated carbocycles. The fraction of sp³-hybridized carbons (Fsp3) is 0.192. The lowest BCUT2D eigenvalue weighted by Gasteiger charge is -2.15.